The topological polar surface area (TPSA) is 52.0 Å². The second kappa shape index (κ2) is 9.79. The van der Waals surface area contributed by atoms with Crippen LogP contribution in [0.1, 0.15) is 48.0 Å². The molecule has 29 heavy (non-hydrogen) atoms. The van der Waals surface area contributed by atoms with Crippen LogP contribution in [0.4, 0.5) is 0 Å². The molecule has 1 saturated carbocycles. The van der Waals surface area contributed by atoms with Gasteiger partial charge in [-0.3, -0.25) is 4.79 Å². The number of carbonyl (C=O) groups is 1. The summed E-state index contributed by atoms with van der Waals surface area (Å²) in [5.41, 5.74) is 1.81. The lowest BCUT2D eigenvalue weighted by molar-refractivity contribution is -0.916. The van der Waals surface area contributed by atoms with Gasteiger partial charge in [-0.05, 0) is 36.6 Å². The first-order valence-electron chi connectivity index (χ1n) is 10.5. The van der Waals surface area contributed by atoms with E-state index in [1.54, 1.807) is 19.2 Å². The highest BCUT2D eigenvalue weighted by Gasteiger charge is 2.38. The van der Waals surface area contributed by atoms with Crippen molar-refractivity contribution in [3.05, 3.63) is 59.7 Å². The van der Waals surface area contributed by atoms with Crippen LogP contribution in [-0.4, -0.2) is 39.2 Å². The Hall–Kier alpha value is -2.53. The molecule has 0 radical (unpaired) electrons. The van der Waals surface area contributed by atoms with Gasteiger partial charge in [-0.1, -0.05) is 36.8 Å². The predicted octanol–water partition coefficient (Wildman–Crippen LogP) is 2.85. The molecule has 0 aliphatic heterocycles. The average molecular weight is 398 g/mol. The van der Waals surface area contributed by atoms with Gasteiger partial charge in [-0.25, -0.2) is 0 Å². The summed E-state index contributed by atoms with van der Waals surface area (Å²) in [4.78, 5) is 14.2. The molecule has 5 heteroatoms. The summed E-state index contributed by atoms with van der Waals surface area (Å²) >= 11 is 0. The number of ether oxygens (including phenoxy) is 2. The maximum absolute atomic E-state index is 12.8. The molecule has 0 aromatic heterocycles. The molecule has 156 valence electrons. The molecule has 2 N–H and O–H groups in total. The predicted molar refractivity (Wildman–Crippen MR) is 115 cm³/mol. The number of rotatable bonds is 8. The normalized spacial score (nSPS) is 15.7. The lowest BCUT2D eigenvalue weighted by Crippen LogP contribution is -3.16. The molecule has 1 aliphatic rings. The molecule has 0 saturated heterocycles. The van der Waals surface area contributed by atoms with Crippen LogP contribution in [0.15, 0.2) is 48.5 Å². The van der Waals surface area contributed by atoms with Crippen molar-refractivity contribution < 1.29 is 19.2 Å². The Labute approximate surface area is 174 Å². The number of benzene rings is 2. The zero-order valence-electron chi connectivity index (χ0n) is 17.8. The van der Waals surface area contributed by atoms with Crippen molar-refractivity contribution >= 4 is 5.91 Å². The highest BCUT2D eigenvalue weighted by atomic mass is 16.5. The van der Waals surface area contributed by atoms with Crippen LogP contribution in [0.2, 0.25) is 0 Å². The summed E-state index contributed by atoms with van der Waals surface area (Å²) in [6.07, 6.45) is 6.09. The second-order valence-corrected chi connectivity index (χ2v) is 8.16. The Balaban J connectivity index is 1.64. The third kappa shape index (κ3) is 5.30. The van der Waals surface area contributed by atoms with Crippen LogP contribution in [0, 0.1) is 0 Å². The van der Waals surface area contributed by atoms with E-state index < -0.39 is 0 Å². The standard InChI is InChI=1S/C24H32N2O3/c1-26(2)24(14-8-5-9-15-24)18-25-23(27)20-12-13-21(22(16-20)28-3)29-17-19-10-6-4-7-11-19/h4,6-7,10-13,16H,5,8-9,14-15,17-18H2,1-3H3,(H,25,27)/p+1. The summed E-state index contributed by atoms with van der Waals surface area (Å²) in [6, 6.07) is 15.3. The largest absolute Gasteiger partial charge is 0.493 e. The number of carbonyl (C=O) groups excluding carboxylic acids is 1. The quantitative estimate of drug-likeness (QED) is 0.720. The molecule has 0 atom stereocenters. The molecule has 0 spiro atoms. The summed E-state index contributed by atoms with van der Waals surface area (Å²) in [5.74, 6) is 1.14. The van der Waals surface area contributed by atoms with Crippen LogP contribution < -0.4 is 19.7 Å². The van der Waals surface area contributed by atoms with Crippen LogP contribution in [0.25, 0.3) is 0 Å². The monoisotopic (exact) mass is 397 g/mol. The van der Waals surface area contributed by atoms with Crippen LogP contribution in [0.3, 0.4) is 0 Å². The van der Waals surface area contributed by atoms with Gasteiger partial charge in [-0.15, -0.1) is 0 Å². The summed E-state index contributed by atoms with van der Waals surface area (Å²) in [6.45, 7) is 1.15. The maximum atomic E-state index is 12.8. The number of hydrogen-bond acceptors (Lipinski definition) is 3. The summed E-state index contributed by atoms with van der Waals surface area (Å²) < 4.78 is 11.4. The van der Waals surface area contributed by atoms with Crippen molar-refractivity contribution in [1.82, 2.24) is 5.32 Å². The lowest BCUT2D eigenvalue weighted by atomic mass is 9.80. The lowest BCUT2D eigenvalue weighted by Gasteiger charge is -2.39. The smallest absolute Gasteiger partial charge is 0.251 e. The van der Waals surface area contributed by atoms with E-state index in [1.165, 1.54) is 24.2 Å². The minimum atomic E-state index is -0.0656. The number of amides is 1. The highest BCUT2D eigenvalue weighted by Crippen LogP contribution is 2.29. The van der Waals surface area contributed by atoms with Crippen molar-refractivity contribution in [2.75, 3.05) is 27.7 Å². The van der Waals surface area contributed by atoms with E-state index in [0.29, 0.717) is 30.2 Å². The molecule has 1 fully saturated rings. The Morgan fingerprint density at radius 3 is 2.41 bits per heavy atom. The van der Waals surface area contributed by atoms with E-state index in [9.17, 15) is 4.79 Å². The van der Waals surface area contributed by atoms with Gasteiger partial charge in [0.2, 0.25) is 0 Å². The Bertz CT molecular complexity index is 799. The Morgan fingerprint density at radius 2 is 1.76 bits per heavy atom. The van der Waals surface area contributed by atoms with E-state index >= 15 is 0 Å². The van der Waals surface area contributed by atoms with Gasteiger partial charge < -0.3 is 19.7 Å². The number of hydrogen-bond donors (Lipinski definition) is 2. The van der Waals surface area contributed by atoms with Gasteiger partial charge in [0.1, 0.15) is 12.1 Å². The van der Waals surface area contributed by atoms with Crippen LogP contribution in [-0.2, 0) is 6.61 Å². The molecule has 3 rings (SSSR count). The van der Waals surface area contributed by atoms with Crippen LogP contribution >= 0.6 is 0 Å². The average Bonchev–Trinajstić information content (AvgIpc) is 2.77. The fourth-order valence-electron chi connectivity index (χ4n) is 4.10. The van der Waals surface area contributed by atoms with E-state index in [2.05, 4.69) is 19.4 Å². The summed E-state index contributed by atoms with van der Waals surface area (Å²) in [5, 5.41) is 3.16. The SMILES string of the molecule is COc1cc(C(=O)NCC2([NH+](C)C)CCCCC2)ccc1OCc1ccccc1. The molecular formula is C24H33N2O3+. The van der Waals surface area contributed by atoms with Crippen molar-refractivity contribution in [1.29, 1.82) is 0 Å². The Morgan fingerprint density at radius 1 is 1.03 bits per heavy atom. The van der Waals surface area contributed by atoms with Crippen molar-refractivity contribution in [3.63, 3.8) is 0 Å². The molecule has 2 aromatic carbocycles. The molecule has 0 unspecified atom stereocenters. The van der Waals surface area contributed by atoms with Crippen molar-refractivity contribution in [3.8, 4) is 11.5 Å². The first kappa shape index (κ1) is 21.2. The molecule has 0 bridgehead atoms. The fourth-order valence-corrected chi connectivity index (χ4v) is 4.10. The second-order valence-electron chi connectivity index (χ2n) is 8.16. The van der Waals surface area contributed by atoms with Gasteiger partial charge in [0.25, 0.3) is 5.91 Å². The molecular weight excluding hydrogens is 364 g/mol. The third-order valence-corrected chi connectivity index (χ3v) is 6.12. The molecule has 0 heterocycles. The van der Waals surface area contributed by atoms with Gasteiger partial charge in [0.15, 0.2) is 11.5 Å². The first-order valence-corrected chi connectivity index (χ1v) is 10.5. The zero-order valence-corrected chi connectivity index (χ0v) is 17.8. The number of methoxy groups -OCH3 is 1. The van der Waals surface area contributed by atoms with Crippen molar-refractivity contribution in [2.45, 2.75) is 44.2 Å². The van der Waals surface area contributed by atoms with E-state index in [0.717, 1.165) is 18.4 Å². The van der Waals surface area contributed by atoms with Gasteiger partial charge in [0, 0.05) is 18.4 Å². The third-order valence-electron chi connectivity index (χ3n) is 6.12. The first-order chi connectivity index (χ1) is 14.0. The molecule has 1 amide bonds. The highest BCUT2D eigenvalue weighted by molar-refractivity contribution is 5.94. The molecule has 2 aromatic rings. The van der Waals surface area contributed by atoms with Crippen molar-refractivity contribution in [2.24, 2.45) is 0 Å². The summed E-state index contributed by atoms with van der Waals surface area (Å²) in [7, 11) is 5.98. The van der Waals surface area contributed by atoms with E-state index in [-0.39, 0.29) is 11.4 Å². The van der Waals surface area contributed by atoms with E-state index in [4.69, 9.17) is 9.47 Å². The minimum Gasteiger partial charge on any atom is -0.493 e. The maximum Gasteiger partial charge on any atom is 0.251 e. The van der Waals surface area contributed by atoms with Gasteiger partial charge >= 0.3 is 0 Å². The number of quaternary nitrogens is 1. The zero-order chi connectivity index (χ0) is 20.7. The van der Waals surface area contributed by atoms with E-state index in [1.807, 2.05) is 36.4 Å². The number of likely N-dealkylation sites (N-methyl/N-ethyl adjacent to an activating group) is 1. The Kier molecular flexibility index (Phi) is 7.15. The van der Waals surface area contributed by atoms with Crippen LogP contribution in [0.5, 0.6) is 11.5 Å². The number of nitrogens with one attached hydrogen (secondary N) is 2. The van der Waals surface area contributed by atoms with Gasteiger partial charge in [-0.2, -0.15) is 0 Å². The molecule has 1 aliphatic carbocycles. The molecule has 5 nitrogen and oxygen atoms in total. The fraction of sp³-hybridized carbons (Fsp3) is 0.458. The van der Waals surface area contributed by atoms with Gasteiger partial charge in [0.05, 0.1) is 27.7 Å². The minimum absolute atomic E-state index is 0.0656.